The molecule has 2 N–H and O–H groups in total. The van der Waals surface area contributed by atoms with Crippen molar-refractivity contribution in [2.45, 2.75) is 25.7 Å². The molecule has 4 aromatic rings. The number of nitrogens with two attached hydrogens (primary N) is 1. The molecule has 38 heavy (non-hydrogen) atoms. The number of anilines is 1. The highest BCUT2D eigenvalue weighted by Crippen LogP contribution is 2.37. The summed E-state index contributed by atoms with van der Waals surface area (Å²) in [5.41, 5.74) is 8.95. The van der Waals surface area contributed by atoms with Crippen LogP contribution in [-0.4, -0.2) is 38.2 Å². The first-order valence-corrected chi connectivity index (χ1v) is 12.6. The number of nitrogens with zero attached hydrogens (tertiary/aromatic N) is 4. The SMILES string of the molecule is C[C@@H]1O[C@@H](c2cn(-c3ccc(Br)cc3)nc2-c2ccc(F)cc2)N(CCc2ccc(N)c([N+](=O)[O-])c2)C1=O. The second kappa shape index (κ2) is 10.3. The zero-order valence-electron chi connectivity index (χ0n) is 20.3. The van der Waals surface area contributed by atoms with Gasteiger partial charge in [0.05, 0.1) is 10.6 Å². The van der Waals surface area contributed by atoms with E-state index in [0.717, 1.165) is 10.2 Å². The highest BCUT2D eigenvalue weighted by Gasteiger charge is 2.40. The topological polar surface area (TPSA) is 117 Å². The van der Waals surface area contributed by atoms with Gasteiger partial charge in [-0.2, -0.15) is 5.10 Å². The van der Waals surface area contributed by atoms with Crippen LogP contribution >= 0.6 is 15.9 Å². The fraction of sp³-hybridized carbons (Fsp3) is 0.185. The second-order valence-electron chi connectivity index (χ2n) is 8.92. The number of rotatable bonds is 7. The Labute approximate surface area is 225 Å². The van der Waals surface area contributed by atoms with Gasteiger partial charge < -0.3 is 15.4 Å². The fourth-order valence-electron chi connectivity index (χ4n) is 4.42. The summed E-state index contributed by atoms with van der Waals surface area (Å²) < 4.78 is 22.4. The predicted octanol–water partition coefficient (Wildman–Crippen LogP) is 5.42. The van der Waals surface area contributed by atoms with E-state index in [1.54, 1.807) is 40.9 Å². The average Bonchev–Trinajstić information content (AvgIpc) is 3.45. The number of hydrogen-bond donors (Lipinski definition) is 1. The largest absolute Gasteiger partial charge is 0.393 e. The Kier molecular flexibility index (Phi) is 6.96. The minimum atomic E-state index is -0.759. The third-order valence-electron chi connectivity index (χ3n) is 6.40. The van der Waals surface area contributed by atoms with Crippen LogP contribution in [0.15, 0.2) is 77.4 Å². The van der Waals surface area contributed by atoms with Crippen LogP contribution < -0.4 is 5.73 Å². The van der Waals surface area contributed by atoms with Crippen LogP contribution in [0.3, 0.4) is 0 Å². The van der Waals surface area contributed by atoms with Gasteiger partial charge in [-0.15, -0.1) is 0 Å². The molecule has 194 valence electrons. The lowest BCUT2D eigenvalue weighted by atomic mass is 10.1. The van der Waals surface area contributed by atoms with E-state index in [9.17, 15) is 19.3 Å². The molecule has 1 aromatic heterocycles. The van der Waals surface area contributed by atoms with Gasteiger partial charge in [0, 0.05) is 34.4 Å². The number of amides is 1. The molecule has 3 aromatic carbocycles. The average molecular weight is 580 g/mol. The van der Waals surface area contributed by atoms with E-state index in [0.29, 0.717) is 28.8 Å². The third kappa shape index (κ3) is 5.02. The van der Waals surface area contributed by atoms with Crippen molar-refractivity contribution in [3.63, 3.8) is 0 Å². The predicted molar refractivity (Wildman–Crippen MR) is 143 cm³/mol. The summed E-state index contributed by atoms with van der Waals surface area (Å²) in [6, 6.07) is 18.2. The molecule has 9 nitrogen and oxygen atoms in total. The van der Waals surface area contributed by atoms with Crippen molar-refractivity contribution in [1.29, 1.82) is 0 Å². The van der Waals surface area contributed by atoms with Crippen LogP contribution in [0.25, 0.3) is 16.9 Å². The molecular formula is C27H23BrFN5O4. The van der Waals surface area contributed by atoms with Crippen LogP contribution in [0.5, 0.6) is 0 Å². The summed E-state index contributed by atoms with van der Waals surface area (Å²) in [7, 11) is 0. The lowest BCUT2D eigenvalue weighted by Crippen LogP contribution is -2.32. The van der Waals surface area contributed by atoms with E-state index in [4.69, 9.17) is 15.6 Å². The molecule has 2 atom stereocenters. The van der Waals surface area contributed by atoms with Crippen molar-refractivity contribution in [2.75, 3.05) is 12.3 Å². The Morgan fingerprint density at radius 1 is 1.13 bits per heavy atom. The standard InChI is InChI=1S/C27H23BrFN5O4/c1-16-26(35)32(13-12-17-2-11-23(30)24(14-17)34(36)37)27(38-16)22-15-33(21-9-5-19(28)6-10-21)31-25(22)18-3-7-20(29)8-4-18/h2-11,14-16,27H,12-13,30H2,1H3/t16-,27-/m0/s1. The summed E-state index contributed by atoms with van der Waals surface area (Å²) in [4.78, 5) is 25.5. The molecule has 1 amide bonds. The monoisotopic (exact) mass is 579 g/mol. The van der Waals surface area contributed by atoms with Crippen LogP contribution in [0.1, 0.15) is 24.3 Å². The molecule has 0 radical (unpaired) electrons. The number of nitro benzene ring substituents is 1. The Bertz CT molecular complexity index is 1510. The molecular weight excluding hydrogens is 557 g/mol. The number of aromatic nitrogens is 2. The summed E-state index contributed by atoms with van der Waals surface area (Å²) in [5, 5.41) is 16.1. The molecule has 5 rings (SSSR count). The van der Waals surface area contributed by atoms with Gasteiger partial charge in [0.25, 0.3) is 11.6 Å². The highest BCUT2D eigenvalue weighted by molar-refractivity contribution is 9.10. The maximum absolute atomic E-state index is 13.7. The van der Waals surface area contributed by atoms with Crippen molar-refractivity contribution in [2.24, 2.45) is 0 Å². The van der Waals surface area contributed by atoms with Crippen molar-refractivity contribution < 1.29 is 18.8 Å². The molecule has 1 aliphatic rings. The molecule has 1 saturated heterocycles. The highest BCUT2D eigenvalue weighted by atomic mass is 79.9. The van der Waals surface area contributed by atoms with Gasteiger partial charge in [-0.3, -0.25) is 14.9 Å². The van der Waals surface area contributed by atoms with E-state index in [-0.39, 0.29) is 29.6 Å². The van der Waals surface area contributed by atoms with E-state index < -0.39 is 17.3 Å². The van der Waals surface area contributed by atoms with E-state index in [1.807, 2.05) is 24.3 Å². The molecule has 0 bridgehead atoms. The number of carbonyl (C=O) groups is 1. The molecule has 2 heterocycles. The van der Waals surface area contributed by atoms with Crippen LogP contribution in [0, 0.1) is 15.9 Å². The van der Waals surface area contributed by atoms with Crippen LogP contribution in [0.4, 0.5) is 15.8 Å². The van der Waals surface area contributed by atoms with Gasteiger partial charge in [-0.1, -0.05) is 22.0 Å². The lowest BCUT2D eigenvalue weighted by Gasteiger charge is -2.23. The number of nitro groups is 1. The molecule has 0 saturated carbocycles. The van der Waals surface area contributed by atoms with Crippen LogP contribution in [-0.2, 0) is 16.0 Å². The zero-order valence-corrected chi connectivity index (χ0v) is 21.8. The molecule has 1 fully saturated rings. The number of hydrogen-bond acceptors (Lipinski definition) is 6. The van der Waals surface area contributed by atoms with Crippen molar-refractivity contribution >= 4 is 33.2 Å². The van der Waals surface area contributed by atoms with Gasteiger partial charge in [0.15, 0.2) is 6.23 Å². The Hall–Kier alpha value is -4.09. The fourth-order valence-corrected chi connectivity index (χ4v) is 4.69. The van der Waals surface area contributed by atoms with Gasteiger partial charge in [0.2, 0.25) is 0 Å². The first-order chi connectivity index (χ1) is 18.2. The first-order valence-electron chi connectivity index (χ1n) is 11.8. The quantitative estimate of drug-likeness (QED) is 0.177. The van der Waals surface area contributed by atoms with E-state index in [1.165, 1.54) is 24.3 Å². The van der Waals surface area contributed by atoms with Gasteiger partial charge in [-0.25, -0.2) is 9.07 Å². The molecule has 0 aliphatic carbocycles. The minimum Gasteiger partial charge on any atom is -0.393 e. The summed E-state index contributed by atoms with van der Waals surface area (Å²) >= 11 is 3.44. The molecule has 11 heteroatoms. The lowest BCUT2D eigenvalue weighted by molar-refractivity contribution is -0.384. The van der Waals surface area contributed by atoms with Gasteiger partial charge in [-0.05, 0) is 73.5 Å². The maximum Gasteiger partial charge on any atom is 0.292 e. The summed E-state index contributed by atoms with van der Waals surface area (Å²) in [5.74, 6) is -0.579. The van der Waals surface area contributed by atoms with Gasteiger partial charge in [0.1, 0.15) is 23.3 Å². The minimum absolute atomic E-state index is 0.0788. The Morgan fingerprint density at radius 3 is 2.53 bits per heavy atom. The van der Waals surface area contributed by atoms with Crippen molar-refractivity contribution in [3.05, 3.63) is 104 Å². The number of carbonyl (C=O) groups excluding carboxylic acids is 1. The second-order valence-corrected chi connectivity index (χ2v) is 9.84. The van der Waals surface area contributed by atoms with Crippen LogP contribution in [0.2, 0.25) is 0 Å². The molecule has 1 aliphatic heterocycles. The van der Waals surface area contributed by atoms with E-state index in [2.05, 4.69) is 15.9 Å². The van der Waals surface area contributed by atoms with Crippen molar-refractivity contribution in [1.82, 2.24) is 14.7 Å². The number of halogens is 2. The molecule has 0 unspecified atom stereocenters. The normalized spacial score (nSPS) is 17.2. The van der Waals surface area contributed by atoms with Gasteiger partial charge >= 0.3 is 0 Å². The summed E-state index contributed by atoms with van der Waals surface area (Å²) in [6.45, 7) is 1.93. The zero-order chi connectivity index (χ0) is 27.0. The number of nitrogen functional groups attached to an aromatic ring is 1. The smallest absolute Gasteiger partial charge is 0.292 e. The molecule has 0 spiro atoms. The number of ether oxygens (including phenoxy) is 1. The Balaban J connectivity index is 1.51. The van der Waals surface area contributed by atoms with Crippen molar-refractivity contribution in [3.8, 4) is 16.9 Å². The Morgan fingerprint density at radius 2 is 1.84 bits per heavy atom. The maximum atomic E-state index is 13.7. The first kappa shape index (κ1) is 25.6. The van der Waals surface area contributed by atoms with E-state index >= 15 is 0 Å². The third-order valence-corrected chi connectivity index (χ3v) is 6.93. The summed E-state index contributed by atoms with van der Waals surface area (Å²) in [6.07, 6.45) is 0.703. The number of benzene rings is 3.